The first-order valence-corrected chi connectivity index (χ1v) is 6.71. The van der Waals surface area contributed by atoms with E-state index < -0.39 is 5.97 Å². The molecule has 0 amide bonds. The van der Waals surface area contributed by atoms with E-state index in [4.69, 9.17) is 9.84 Å². The topological polar surface area (TPSA) is 59.4 Å². The molecule has 1 heterocycles. The third-order valence-corrected chi connectivity index (χ3v) is 3.46. The number of hydrogen-bond donors (Lipinski definition) is 1. The lowest BCUT2D eigenvalue weighted by Gasteiger charge is -2.06. The first-order chi connectivity index (χ1) is 9.02. The van der Waals surface area contributed by atoms with Crippen LogP contribution in [0.1, 0.15) is 21.0 Å². The van der Waals surface area contributed by atoms with E-state index in [2.05, 4.69) is 11.1 Å². The van der Waals surface area contributed by atoms with Gasteiger partial charge in [-0.25, -0.2) is 4.98 Å². The maximum Gasteiger partial charge on any atom is 0.308 e. The highest BCUT2D eigenvalue weighted by atomic mass is 32.1. The molecule has 0 radical (unpaired) electrons. The van der Waals surface area contributed by atoms with Gasteiger partial charge in [0.05, 0.1) is 6.42 Å². The molecule has 1 aromatic carbocycles. The maximum atomic E-state index is 10.6. The van der Waals surface area contributed by atoms with E-state index in [9.17, 15) is 4.79 Å². The molecule has 0 spiro atoms. The maximum absolute atomic E-state index is 10.6. The predicted octanol–water partition coefficient (Wildman–Crippen LogP) is 2.97. The van der Waals surface area contributed by atoms with Crippen molar-refractivity contribution in [3.63, 3.8) is 0 Å². The van der Waals surface area contributed by atoms with E-state index in [0.717, 1.165) is 26.8 Å². The number of aliphatic carboxylic acids is 1. The zero-order valence-electron chi connectivity index (χ0n) is 10.8. The molecule has 1 N–H and O–H groups in total. The van der Waals surface area contributed by atoms with Gasteiger partial charge in [-0.05, 0) is 37.1 Å². The smallest absolute Gasteiger partial charge is 0.308 e. The zero-order chi connectivity index (χ0) is 13.8. The number of aromatic nitrogens is 1. The Morgan fingerprint density at radius 1 is 1.32 bits per heavy atom. The van der Waals surface area contributed by atoms with E-state index in [0.29, 0.717) is 6.61 Å². The Hall–Kier alpha value is -1.88. The minimum absolute atomic E-state index is 0.0151. The molecule has 4 nitrogen and oxygen atoms in total. The first kappa shape index (κ1) is 13.5. The van der Waals surface area contributed by atoms with Crippen LogP contribution >= 0.6 is 11.3 Å². The minimum Gasteiger partial charge on any atom is -0.486 e. The number of nitrogens with zero attached hydrogens (tertiary/aromatic N) is 1. The van der Waals surface area contributed by atoms with Gasteiger partial charge in [-0.2, -0.15) is 0 Å². The molecule has 0 unspecified atom stereocenters. The summed E-state index contributed by atoms with van der Waals surface area (Å²) >= 11 is 1.37. The normalized spacial score (nSPS) is 10.4. The van der Waals surface area contributed by atoms with E-state index in [1.54, 1.807) is 6.20 Å². The van der Waals surface area contributed by atoms with Crippen LogP contribution in [0, 0.1) is 13.8 Å². The van der Waals surface area contributed by atoms with Crippen LogP contribution in [-0.4, -0.2) is 16.1 Å². The summed E-state index contributed by atoms with van der Waals surface area (Å²) in [5, 5.41) is 9.48. The first-order valence-electron chi connectivity index (χ1n) is 5.89. The van der Waals surface area contributed by atoms with Gasteiger partial charge in [0.25, 0.3) is 0 Å². The van der Waals surface area contributed by atoms with Crippen LogP contribution in [0.2, 0.25) is 0 Å². The lowest BCUT2D eigenvalue weighted by atomic mass is 10.1. The quantitative estimate of drug-likeness (QED) is 0.912. The minimum atomic E-state index is -0.842. The number of thiazole rings is 1. The van der Waals surface area contributed by atoms with Crippen LogP contribution in [0.5, 0.6) is 5.75 Å². The van der Waals surface area contributed by atoms with Gasteiger partial charge in [0, 0.05) is 11.1 Å². The van der Waals surface area contributed by atoms with Crippen LogP contribution in [0.15, 0.2) is 24.4 Å². The summed E-state index contributed by atoms with van der Waals surface area (Å²) in [7, 11) is 0. The molecule has 0 aliphatic heterocycles. The van der Waals surface area contributed by atoms with Gasteiger partial charge in [0.2, 0.25) is 0 Å². The number of carboxylic acid groups (broad SMARTS) is 1. The highest BCUT2D eigenvalue weighted by Crippen LogP contribution is 2.19. The van der Waals surface area contributed by atoms with Crippen molar-refractivity contribution in [3.8, 4) is 5.75 Å². The van der Waals surface area contributed by atoms with Gasteiger partial charge in [-0.15, -0.1) is 11.3 Å². The van der Waals surface area contributed by atoms with Gasteiger partial charge in [-0.1, -0.05) is 6.07 Å². The number of aryl methyl sites for hydroxylation is 2. The van der Waals surface area contributed by atoms with Crippen molar-refractivity contribution in [2.75, 3.05) is 0 Å². The SMILES string of the molecule is Cc1cc(C)cc(OCc2ncc(CC(=O)O)s2)c1. The summed E-state index contributed by atoms with van der Waals surface area (Å²) < 4.78 is 5.67. The fourth-order valence-corrected chi connectivity index (χ4v) is 2.63. The molecule has 0 bridgehead atoms. The highest BCUT2D eigenvalue weighted by molar-refractivity contribution is 7.11. The predicted molar refractivity (Wildman–Crippen MR) is 73.7 cm³/mol. The van der Waals surface area contributed by atoms with Gasteiger partial charge in [-0.3, -0.25) is 4.79 Å². The molecule has 2 aromatic rings. The molecule has 0 fully saturated rings. The Balaban J connectivity index is 1.98. The molecule has 2 rings (SSSR count). The van der Waals surface area contributed by atoms with Crippen LogP contribution < -0.4 is 4.74 Å². The molecule has 100 valence electrons. The fourth-order valence-electron chi connectivity index (χ4n) is 1.81. The molecular weight excluding hydrogens is 262 g/mol. The Morgan fingerprint density at radius 3 is 2.63 bits per heavy atom. The van der Waals surface area contributed by atoms with Crippen molar-refractivity contribution in [1.29, 1.82) is 0 Å². The zero-order valence-corrected chi connectivity index (χ0v) is 11.7. The van der Waals surface area contributed by atoms with Crippen LogP contribution in [0.25, 0.3) is 0 Å². The summed E-state index contributed by atoms with van der Waals surface area (Å²) in [6.45, 7) is 4.41. The Labute approximate surface area is 115 Å². The Bertz CT molecular complexity index is 572. The summed E-state index contributed by atoms with van der Waals surface area (Å²) in [6, 6.07) is 6.03. The van der Waals surface area contributed by atoms with Gasteiger partial charge >= 0.3 is 5.97 Å². The summed E-state index contributed by atoms with van der Waals surface area (Å²) in [4.78, 5) is 15.5. The molecule has 19 heavy (non-hydrogen) atoms. The van der Waals surface area contributed by atoms with Crippen molar-refractivity contribution in [2.45, 2.75) is 26.9 Å². The summed E-state index contributed by atoms with van der Waals surface area (Å²) in [6.07, 6.45) is 1.61. The average molecular weight is 277 g/mol. The molecule has 0 aliphatic rings. The summed E-state index contributed by atoms with van der Waals surface area (Å²) in [5.74, 6) is -0.0297. The second-order valence-corrected chi connectivity index (χ2v) is 5.60. The number of ether oxygens (including phenoxy) is 1. The second-order valence-electron chi connectivity index (χ2n) is 4.40. The third kappa shape index (κ3) is 4.06. The summed E-state index contributed by atoms with van der Waals surface area (Å²) in [5.41, 5.74) is 2.31. The molecule has 5 heteroatoms. The van der Waals surface area contributed by atoms with Crippen LogP contribution in [0.3, 0.4) is 0 Å². The van der Waals surface area contributed by atoms with Gasteiger partial charge < -0.3 is 9.84 Å². The van der Waals surface area contributed by atoms with E-state index in [1.165, 1.54) is 11.3 Å². The molecule has 0 atom stereocenters. The van der Waals surface area contributed by atoms with Crippen LogP contribution in [0.4, 0.5) is 0 Å². The number of rotatable bonds is 5. The van der Waals surface area contributed by atoms with Crippen molar-refractivity contribution >= 4 is 17.3 Å². The fraction of sp³-hybridized carbons (Fsp3) is 0.286. The van der Waals surface area contributed by atoms with Crippen molar-refractivity contribution < 1.29 is 14.6 Å². The molecule has 0 saturated carbocycles. The molecule has 0 saturated heterocycles. The Kier molecular flexibility index (Phi) is 4.16. The third-order valence-electron chi connectivity index (χ3n) is 2.48. The molecule has 0 aliphatic carbocycles. The largest absolute Gasteiger partial charge is 0.486 e. The van der Waals surface area contributed by atoms with E-state index in [-0.39, 0.29) is 6.42 Å². The number of carboxylic acids is 1. The molecular formula is C14H15NO3S. The van der Waals surface area contributed by atoms with Crippen molar-refractivity contribution in [2.24, 2.45) is 0 Å². The average Bonchev–Trinajstić information content (AvgIpc) is 2.72. The lowest BCUT2D eigenvalue weighted by Crippen LogP contribution is -1.97. The number of carbonyl (C=O) groups is 1. The van der Waals surface area contributed by atoms with Crippen molar-refractivity contribution in [1.82, 2.24) is 4.98 Å². The van der Waals surface area contributed by atoms with Gasteiger partial charge in [0.1, 0.15) is 17.4 Å². The van der Waals surface area contributed by atoms with E-state index >= 15 is 0 Å². The second kappa shape index (κ2) is 5.84. The number of hydrogen-bond acceptors (Lipinski definition) is 4. The van der Waals surface area contributed by atoms with Crippen LogP contribution in [-0.2, 0) is 17.8 Å². The van der Waals surface area contributed by atoms with E-state index in [1.807, 2.05) is 26.0 Å². The lowest BCUT2D eigenvalue weighted by molar-refractivity contribution is -0.136. The monoisotopic (exact) mass is 277 g/mol. The highest BCUT2D eigenvalue weighted by Gasteiger charge is 2.07. The van der Waals surface area contributed by atoms with Crippen molar-refractivity contribution in [3.05, 3.63) is 45.4 Å². The van der Waals surface area contributed by atoms with Gasteiger partial charge in [0.15, 0.2) is 0 Å². The molecule has 1 aromatic heterocycles. The number of benzene rings is 1. The standard InChI is InChI=1S/C14H15NO3S/c1-9-3-10(2)5-11(4-9)18-8-13-15-7-12(19-13)6-14(16)17/h3-5,7H,6,8H2,1-2H3,(H,16,17). The Morgan fingerprint density at radius 2 is 2.00 bits per heavy atom.